The fourth-order valence-electron chi connectivity index (χ4n) is 2.67. The van der Waals surface area contributed by atoms with Crippen LogP contribution in [0.4, 0.5) is 0 Å². The van der Waals surface area contributed by atoms with Crippen LogP contribution in [0.15, 0.2) is 18.5 Å². The van der Waals surface area contributed by atoms with E-state index in [1.807, 2.05) is 29.9 Å². The van der Waals surface area contributed by atoms with Gasteiger partial charge in [-0.1, -0.05) is 6.92 Å². The zero-order valence-electron chi connectivity index (χ0n) is 11.7. The van der Waals surface area contributed by atoms with Crippen LogP contribution in [0.25, 0.3) is 5.52 Å². The molecule has 0 aliphatic carbocycles. The van der Waals surface area contributed by atoms with Crippen LogP contribution in [-0.2, 0) is 17.6 Å². The van der Waals surface area contributed by atoms with Gasteiger partial charge in [0, 0.05) is 36.7 Å². The summed E-state index contributed by atoms with van der Waals surface area (Å²) in [6.07, 6.45) is 7.03. The first kappa shape index (κ1) is 13.0. The van der Waals surface area contributed by atoms with Crippen molar-refractivity contribution in [2.75, 3.05) is 13.2 Å². The van der Waals surface area contributed by atoms with Crippen molar-refractivity contribution in [3.05, 3.63) is 29.6 Å². The average molecular weight is 273 g/mol. The number of amides is 1. The molecule has 0 bridgehead atoms. The van der Waals surface area contributed by atoms with Crippen LogP contribution in [-0.4, -0.2) is 28.7 Å². The molecule has 1 aliphatic rings. The number of rotatable bonds is 5. The molecule has 0 radical (unpaired) electrons. The fraction of sp³-hybridized carbons (Fsp3) is 0.467. The Morgan fingerprint density at radius 2 is 2.45 bits per heavy atom. The smallest absolute Gasteiger partial charge is 0.219 e. The van der Waals surface area contributed by atoms with Gasteiger partial charge in [0.15, 0.2) is 0 Å². The Morgan fingerprint density at radius 1 is 1.55 bits per heavy atom. The highest BCUT2D eigenvalue weighted by Gasteiger charge is 2.18. The molecular weight excluding hydrogens is 254 g/mol. The molecule has 5 nitrogen and oxygen atoms in total. The van der Waals surface area contributed by atoms with Gasteiger partial charge in [-0.25, -0.2) is 4.52 Å². The van der Waals surface area contributed by atoms with E-state index < -0.39 is 0 Å². The Bertz CT molecular complexity index is 633. The molecule has 1 aliphatic heterocycles. The Balaban J connectivity index is 1.76. The molecule has 0 fully saturated rings. The Kier molecular flexibility index (Phi) is 3.58. The monoisotopic (exact) mass is 273 g/mol. The number of pyridine rings is 1. The van der Waals surface area contributed by atoms with Gasteiger partial charge in [0.05, 0.1) is 18.3 Å². The van der Waals surface area contributed by atoms with Crippen molar-refractivity contribution < 1.29 is 9.53 Å². The number of aromatic nitrogens is 2. The second kappa shape index (κ2) is 5.53. The SMILES string of the molecule is CCCC(=O)NCCc1cnn2ccc3c(c12)CCO3. The molecule has 1 amide bonds. The summed E-state index contributed by atoms with van der Waals surface area (Å²) in [5.74, 6) is 1.09. The van der Waals surface area contributed by atoms with Crippen molar-refractivity contribution in [1.29, 1.82) is 0 Å². The molecule has 0 aromatic carbocycles. The van der Waals surface area contributed by atoms with E-state index in [9.17, 15) is 4.79 Å². The average Bonchev–Trinajstić information content (AvgIpc) is 3.04. The highest BCUT2D eigenvalue weighted by Crippen LogP contribution is 2.30. The number of nitrogens with zero attached hydrogens (tertiary/aromatic N) is 2. The molecule has 0 unspecified atom stereocenters. The molecule has 2 aromatic heterocycles. The van der Waals surface area contributed by atoms with E-state index in [4.69, 9.17) is 4.74 Å². The summed E-state index contributed by atoms with van der Waals surface area (Å²) >= 11 is 0. The van der Waals surface area contributed by atoms with E-state index in [1.165, 1.54) is 11.1 Å². The van der Waals surface area contributed by atoms with E-state index in [0.29, 0.717) is 13.0 Å². The van der Waals surface area contributed by atoms with E-state index in [2.05, 4.69) is 10.4 Å². The molecule has 20 heavy (non-hydrogen) atoms. The quantitative estimate of drug-likeness (QED) is 0.902. The first-order chi connectivity index (χ1) is 9.79. The van der Waals surface area contributed by atoms with Crippen LogP contribution in [0, 0.1) is 0 Å². The summed E-state index contributed by atoms with van der Waals surface area (Å²) in [5.41, 5.74) is 3.55. The molecule has 3 heterocycles. The third kappa shape index (κ3) is 2.35. The maximum atomic E-state index is 11.5. The third-order valence-corrected chi connectivity index (χ3v) is 3.62. The number of ether oxygens (including phenoxy) is 1. The van der Waals surface area contributed by atoms with E-state index in [1.54, 1.807) is 0 Å². The van der Waals surface area contributed by atoms with Crippen molar-refractivity contribution in [1.82, 2.24) is 14.9 Å². The van der Waals surface area contributed by atoms with E-state index in [0.717, 1.165) is 37.1 Å². The van der Waals surface area contributed by atoms with Crippen LogP contribution < -0.4 is 10.1 Å². The zero-order valence-corrected chi connectivity index (χ0v) is 11.7. The van der Waals surface area contributed by atoms with Crippen LogP contribution in [0.1, 0.15) is 30.9 Å². The molecule has 5 heteroatoms. The zero-order chi connectivity index (χ0) is 13.9. The van der Waals surface area contributed by atoms with Gasteiger partial charge < -0.3 is 10.1 Å². The number of hydrogen-bond donors (Lipinski definition) is 1. The summed E-state index contributed by atoms with van der Waals surface area (Å²) < 4.78 is 7.49. The topological polar surface area (TPSA) is 55.6 Å². The van der Waals surface area contributed by atoms with Crippen LogP contribution in [0.3, 0.4) is 0 Å². The second-order valence-corrected chi connectivity index (χ2v) is 5.07. The van der Waals surface area contributed by atoms with Gasteiger partial charge in [-0.15, -0.1) is 0 Å². The van der Waals surface area contributed by atoms with Crippen LogP contribution in [0.5, 0.6) is 5.75 Å². The van der Waals surface area contributed by atoms with Gasteiger partial charge in [-0.3, -0.25) is 4.79 Å². The molecule has 0 saturated heterocycles. The molecule has 3 rings (SSSR count). The lowest BCUT2D eigenvalue weighted by Crippen LogP contribution is -2.25. The standard InChI is InChI=1S/C15H19N3O2/c1-2-3-14(19)16-7-4-11-10-17-18-8-5-13-12(15(11)18)6-9-20-13/h5,8,10H,2-4,6-7,9H2,1H3,(H,16,19). The van der Waals surface area contributed by atoms with Crippen molar-refractivity contribution in [2.24, 2.45) is 0 Å². The second-order valence-electron chi connectivity index (χ2n) is 5.07. The number of hydrogen-bond acceptors (Lipinski definition) is 3. The lowest BCUT2D eigenvalue weighted by atomic mass is 10.1. The minimum atomic E-state index is 0.123. The predicted octanol–water partition coefficient (Wildman–Crippen LogP) is 1.73. The lowest BCUT2D eigenvalue weighted by molar-refractivity contribution is -0.121. The van der Waals surface area contributed by atoms with Gasteiger partial charge in [0.2, 0.25) is 5.91 Å². The molecule has 1 N–H and O–H groups in total. The number of nitrogens with one attached hydrogen (secondary N) is 1. The van der Waals surface area contributed by atoms with Gasteiger partial charge in [-0.05, 0) is 18.9 Å². The third-order valence-electron chi connectivity index (χ3n) is 3.62. The minimum Gasteiger partial charge on any atom is -0.493 e. The largest absolute Gasteiger partial charge is 0.493 e. The van der Waals surface area contributed by atoms with Crippen molar-refractivity contribution in [3.63, 3.8) is 0 Å². The summed E-state index contributed by atoms with van der Waals surface area (Å²) in [5, 5.41) is 7.33. The highest BCUT2D eigenvalue weighted by atomic mass is 16.5. The molecule has 0 saturated carbocycles. The number of fused-ring (bicyclic) bond motifs is 3. The number of carbonyl (C=O) groups is 1. The maximum Gasteiger partial charge on any atom is 0.219 e. The first-order valence-electron chi connectivity index (χ1n) is 7.17. The summed E-state index contributed by atoms with van der Waals surface area (Å²) in [6, 6.07) is 1.97. The van der Waals surface area contributed by atoms with Crippen LogP contribution >= 0.6 is 0 Å². The van der Waals surface area contributed by atoms with Crippen molar-refractivity contribution >= 4 is 11.4 Å². The summed E-state index contributed by atoms with van der Waals surface area (Å²) in [6.45, 7) is 3.41. The predicted molar refractivity (Wildman–Crippen MR) is 76.0 cm³/mol. The van der Waals surface area contributed by atoms with Gasteiger partial charge in [-0.2, -0.15) is 5.10 Å². The number of carbonyl (C=O) groups excluding carboxylic acids is 1. The Morgan fingerprint density at radius 3 is 3.30 bits per heavy atom. The molecular formula is C15H19N3O2. The van der Waals surface area contributed by atoms with Crippen molar-refractivity contribution in [2.45, 2.75) is 32.6 Å². The Labute approximate surface area is 117 Å². The summed E-state index contributed by atoms with van der Waals surface area (Å²) in [7, 11) is 0. The first-order valence-corrected chi connectivity index (χ1v) is 7.17. The van der Waals surface area contributed by atoms with Gasteiger partial charge in [0.25, 0.3) is 0 Å². The molecule has 0 spiro atoms. The maximum absolute atomic E-state index is 11.5. The highest BCUT2D eigenvalue weighted by molar-refractivity contribution is 5.75. The van der Waals surface area contributed by atoms with Crippen LogP contribution in [0.2, 0.25) is 0 Å². The summed E-state index contributed by atoms with van der Waals surface area (Å²) in [4.78, 5) is 11.5. The molecule has 0 atom stereocenters. The van der Waals surface area contributed by atoms with Crippen molar-refractivity contribution in [3.8, 4) is 5.75 Å². The minimum absolute atomic E-state index is 0.123. The van der Waals surface area contributed by atoms with E-state index >= 15 is 0 Å². The lowest BCUT2D eigenvalue weighted by Gasteiger charge is -2.05. The molecule has 106 valence electrons. The Hall–Kier alpha value is -2.04. The van der Waals surface area contributed by atoms with Gasteiger partial charge in [0.1, 0.15) is 5.75 Å². The normalized spacial score (nSPS) is 13.2. The van der Waals surface area contributed by atoms with Gasteiger partial charge >= 0.3 is 0 Å². The van der Waals surface area contributed by atoms with E-state index in [-0.39, 0.29) is 5.91 Å². The molecule has 2 aromatic rings. The fourth-order valence-corrected chi connectivity index (χ4v) is 2.67.